The largest absolute Gasteiger partial charge is 0.331 e. The molecule has 0 radical (unpaired) electrons. The van der Waals surface area contributed by atoms with Crippen LogP contribution in [0.4, 0.5) is 0 Å². The molecule has 0 unspecified atom stereocenters. The van der Waals surface area contributed by atoms with Crippen LogP contribution in [0.25, 0.3) is 11.4 Å². The highest BCUT2D eigenvalue weighted by Crippen LogP contribution is 2.17. The van der Waals surface area contributed by atoms with Gasteiger partial charge in [-0.15, -0.1) is 0 Å². The van der Waals surface area contributed by atoms with Crippen LogP contribution in [0, 0.1) is 0 Å². The second-order valence-corrected chi connectivity index (χ2v) is 3.72. The van der Waals surface area contributed by atoms with Crippen molar-refractivity contribution in [2.24, 2.45) is 7.05 Å². The summed E-state index contributed by atoms with van der Waals surface area (Å²) in [5.41, 5.74) is 2.34. The summed E-state index contributed by atoms with van der Waals surface area (Å²) in [6, 6.07) is 3.95. The highest BCUT2D eigenvalue weighted by molar-refractivity contribution is 5.54. The minimum atomic E-state index is 0.968. The fourth-order valence-corrected chi connectivity index (χ4v) is 1.70. The molecule has 2 rings (SSSR count). The van der Waals surface area contributed by atoms with Gasteiger partial charge in [0, 0.05) is 49.9 Å². The van der Waals surface area contributed by atoms with E-state index in [9.17, 15) is 0 Å². The Morgan fingerprint density at radius 3 is 2.75 bits per heavy atom. The average molecular weight is 216 g/mol. The molecule has 0 aliphatic heterocycles. The predicted octanol–water partition coefficient (Wildman–Crippen LogP) is 1.24. The number of rotatable bonds is 4. The molecule has 0 fully saturated rings. The third-order valence-corrected chi connectivity index (χ3v) is 2.65. The van der Waals surface area contributed by atoms with Crippen molar-refractivity contribution in [1.82, 2.24) is 19.9 Å². The van der Waals surface area contributed by atoms with E-state index in [-0.39, 0.29) is 0 Å². The van der Waals surface area contributed by atoms with Gasteiger partial charge in [-0.1, -0.05) is 0 Å². The monoisotopic (exact) mass is 216 g/mol. The number of nitrogens with zero attached hydrogens (tertiary/aromatic N) is 3. The van der Waals surface area contributed by atoms with Gasteiger partial charge in [0.1, 0.15) is 5.82 Å². The van der Waals surface area contributed by atoms with Gasteiger partial charge in [-0.3, -0.25) is 4.98 Å². The zero-order valence-corrected chi connectivity index (χ0v) is 9.64. The molecule has 0 saturated heterocycles. The number of nitrogens with one attached hydrogen (secondary N) is 1. The van der Waals surface area contributed by atoms with Crippen LogP contribution < -0.4 is 5.32 Å². The summed E-state index contributed by atoms with van der Waals surface area (Å²) in [5.74, 6) is 0.994. The van der Waals surface area contributed by atoms with Gasteiger partial charge in [-0.2, -0.15) is 0 Å². The summed E-state index contributed by atoms with van der Waals surface area (Å²) in [5, 5.41) is 3.14. The van der Waals surface area contributed by atoms with E-state index in [1.54, 1.807) is 12.4 Å². The quantitative estimate of drug-likeness (QED) is 0.836. The van der Waals surface area contributed by atoms with E-state index in [1.807, 2.05) is 32.4 Å². The fourth-order valence-electron chi connectivity index (χ4n) is 1.70. The van der Waals surface area contributed by atoms with Crippen molar-refractivity contribution in [2.45, 2.75) is 6.42 Å². The van der Waals surface area contributed by atoms with E-state index in [0.717, 1.165) is 24.4 Å². The van der Waals surface area contributed by atoms with Crippen molar-refractivity contribution >= 4 is 0 Å². The first kappa shape index (κ1) is 10.8. The Balaban J connectivity index is 2.27. The maximum Gasteiger partial charge on any atom is 0.139 e. The molecule has 84 valence electrons. The number of aromatic nitrogens is 3. The van der Waals surface area contributed by atoms with Gasteiger partial charge in [0.2, 0.25) is 0 Å². The molecule has 2 heterocycles. The summed E-state index contributed by atoms with van der Waals surface area (Å²) >= 11 is 0. The lowest BCUT2D eigenvalue weighted by Gasteiger charge is -2.05. The van der Waals surface area contributed by atoms with Crippen LogP contribution >= 0.6 is 0 Å². The van der Waals surface area contributed by atoms with Crippen molar-refractivity contribution in [3.63, 3.8) is 0 Å². The summed E-state index contributed by atoms with van der Waals surface area (Å²) < 4.78 is 2.13. The lowest BCUT2D eigenvalue weighted by Crippen LogP contribution is -2.12. The number of hydrogen-bond acceptors (Lipinski definition) is 3. The molecule has 4 nitrogen and oxygen atoms in total. The van der Waals surface area contributed by atoms with Gasteiger partial charge in [0.25, 0.3) is 0 Å². The number of hydrogen-bond donors (Lipinski definition) is 1. The maximum absolute atomic E-state index is 4.45. The van der Waals surface area contributed by atoms with Gasteiger partial charge in [-0.05, 0) is 19.2 Å². The minimum absolute atomic E-state index is 0.968. The molecule has 0 bridgehead atoms. The van der Waals surface area contributed by atoms with Gasteiger partial charge < -0.3 is 9.88 Å². The Labute approximate surface area is 95.4 Å². The van der Waals surface area contributed by atoms with Gasteiger partial charge in [0.05, 0.1) is 0 Å². The third kappa shape index (κ3) is 2.12. The number of pyridine rings is 1. The first-order valence-corrected chi connectivity index (χ1v) is 5.38. The van der Waals surface area contributed by atoms with Crippen LogP contribution in [0.5, 0.6) is 0 Å². The van der Waals surface area contributed by atoms with E-state index in [2.05, 4.69) is 19.9 Å². The van der Waals surface area contributed by atoms with Crippen molar-refractivity contribution < 1.29 is 0 Å². The molecule has 4 heteroatoms. The summed E-state index contributed by atoms with van der Waals surface area (Å²) in [4.78, 5) is 8.46. The van der Waals surface area contributed by atoms with E-state index in [0.29, 0.717) is 0 Å². The van der Waals surface area contributed by atoms with Crippen molar-refractivity contribution in [3.8, 4) is 11.4 Å². The summed E-state index contributed by atoms with van der Waals surface area (Å²) in [7, 11) is 4.01. The molecule has 0 amide bonds. The topological polar surface area (TPSA) is 42.7 Å². The van der Waals surface area contributed by atoms with Gasteiger partial charge >= 0.3 is 0 Å². The second kappa shape index (κ2) is 4.90. The van der Waals surface area contributed by atoms with Crippen LogP contribution in [0.15, 0.2) is 30.7 Å². The van der Waals surface area contributed by atoms with Crippen LogP contribution in [-0.4, -0.2) is 28.1 Å². The minimum Gasteiger partial charge on any atom is -0.331 e. The Morgan fingerprint density at radius 2 is 2.06 bits per heavy atom. The Bertz CT molecular complexity index is 447. The third-order valence-electron chi connectivity index (χ3n) is 2.65. The van der Waals surface area contributed by atoms with Crippen LogP contribution in [0.3, 0.4) is 0 Å². The van der Waals surface area contributed by atoms with Gasteiger partial charge in [0.15, 0.2) is 0 Å². The summed E-state index contributed by atoms with van der Waals surface area (Å²) in [6.45, 7) is 0.968. The standard InChI is InChI=1S/C12H16N4/c1-13-6-5-11-9-15-12(16(11)2)10-3-7-14-8-4-10/h3-4,7-9,13H,5-6H2,1-2H3. The van der Waals surface area contributed by atoms with E-state index >= 15 is 0 Å². The van der Waals surface area contributed by atoms with Crippen molar-refractivity contribution in [3.05, 3.63) is 36.4 Å². The highest BCUT2D eigenvalue weighted by Gasteiger charge is 2.07. The summed E-state index contributed by atoms with van der Waals surface area (Å²) in [6.07, 6.45) is 6.51. The first-order chi connectivity index (χ1) is 7.83. The number of likely N-dealkylation sites (N-methyl/N-ethyl adjacent to an activating group) is 1. The van der Waals surface area contributed by atoms with Crippen LogP contribution in [0.1, 0.15) is 5.69 Å². The van der Waals surface area contributed by atoms with Crippen molar-refractivity contribution in [2.75, 3.05) is 13.6 Å². The predicted molar refractivity (Wildman–Crippen MR) is 64.1 cm³/mol. The molecular formula is C12H16N4. The molecule has 2 aromatic rings. The molecule has 16 heavy (non-hydrogen) atoms. The van der Waals surface area contributed by atoms with Crippen molar-refractivity contribution in [1.29, 1.82) is 0 Å². The normalized spacial score (nSPS) is 10.6. The lowest BCUT2D eigenvalue weighted by atomic mass is 10.2. The Hall–Kier alpha value is -1.68. The Morgan fingerprint density at radius 1 is 1.31 bits per heavy atom. The maximum atomic E-state index is 4.45. The fraction of sp³-hybridized carbons (Fsp3) is 0.333. The second-order valence-electron chi connectivity index (χ2n) is 3.72. The smallest absolute Gasteiger partial charge is 0.139 e. The highest BCUT2D eigenvalue weighted by atomic mass is 15.1. The molecule has 0 saturated carbocycles. The van der Waals surface area contributed by atoms with E-state index in [4.69, 9.17) is 0 Å². The molecule has 0 atom stereocenters. The molecule has 0 aliphatic rings. The Kier molecular flexibility index (Phi) is 3.31. The average Bonchev–Trinajstić information content (AvgIpc) is 2.69. The molecule has 0 aliphatic carbocycles. The molecule has 1 N–H and O–H groups in total. The zero-order valence-electron chi connectivity index (χ0n) is 9.64. The van der Waals surface area contributed by atoms with E-state index in [1.165, 1.54) is 5.69 Å². The lowest BCUT2D eigenvalue weighted by molar-refractivity contribution is 0.740. The SMILES string of the molecule is CNCCc1cnc(-c2ccncc2)n1C. The molecular weight excluding hydrogens is 200 g/mol. The zero-order chi connectivity index (χ0) is 11.4. The van der Waals surface area contributed by atoms with E-state index < -0.39 is 0 Å². The van der Waals surface area contributed by atoms with Gasteiger partial charge in [-0.25, -0.2) is 4.98 Å². The number of imidazole rings is 1. The van der Waals surface area contributed by atoms with Crippen LogP contribution in [-0.2, 0) is 13.5 Å². The molecule has 2 aromatic heterocycles. The molecule has 0 aromatic carbocycles. The van der Waals surface area contributed by atoms with Crippen LogP contribution in [0.2, 0.25) is 0 Å². The first-order valence-electron chi connectivity index (χ1n) is 5.38. The molecule has 0 spiro atoms.